The molecule has 3 aromatic carbocycles. The van der Waals surface area contributed by atoms with Crippen LogP contribution in [0.2, 0.25) is 0 Å². The summed E-state index contributed by atoms with van der Waals surface area (Å²) in [6.07, 6.45) is 7.47. The lowest BCUT2D eigenvalue weighted by Gasteiger charge is -2.31. The van der Waals surface area contributed by atoms with Gasteiger partial charge in [0.25, 0.3) is 0 Å². The number of carbonyl (C=O) groups excluding carboxylic acids is 1. The summed E-state index contributed by atoms with van der Waals surface area (Å²) in [5, 5.41) is 0. The van der Waals surface area contributed by atoms with Gasteiger partial charge in [-0.05, 0) is 41.5 Å². The summed E-state index contributed by atoms with van der Waals surface area (Å²) < 4.78 is 16.3. The highest BCUT2D eigenvalue weighted by atomic mass is 16.6. The van der Waals surface area contributed by atoms with Gasteiger partial charge >= 0.3 is 6.09 Å². The number of amides is 1. The number of nitrogens with zero attached hydrogens (tertiary/aromatic N) is 1. The van der Waals surface area contributed by atoms with E-state index in [0.717, 1.165) is 16.8 Å². The van der Waals surface area contributed by atoms with Crippen LogP contribution in [0.3, 0.4) is 0 Å². The molecule has 0 spiro atoms. The van der Waals surface area contributed by atoms with E-state index in [1.807, 2.05) is 85.0 Å². The van der Waals surface area contributed by atoms with Crippen LogP contribution in [0.5, 0.6) is 17.2 Å². The smallest absolute Gasteiger partial charge is 0.420 e. The maximum absolute atomic E-state index is 13.1. The third-order valence-corrected chi connectivity index (χ3v) is 5.01. The highest BCUT2D eigenvalue weighted by Crippen LogP contribution is 2.32. The second-order valence-corrected chi connectivity index (χ2v) is 6.93. The lowest BCUT2D eigenvalue weighted by molar-refractivity contribution is 0.207. The quantitative estimate of drug-likeness (QED) is 0.529. The van der Waals surface area contributed by atoms with E-state index in [1.165, 1.54) is 0 Å². The zero-order chi connectivity index (χ0) is 21.6. The Hall–Kier alpha value is -3.99. The summed E-state index contributed by atoms with van der Waals surface area (Å²) in [6, 6.07) is 22.2. The molecule has 0 radical (unpaired) electrons. The molecular formula is C26H23NO4. The first kappa shape index (κ1) is 20.3. The predicted molar refractivity (Wildman–Crippen MR) is 123 cm³/mol. The summed E-state index contributed by atoms with van der Waals surface area (Å²) in [5.74, 6) is 1.82. The van der Waals surface area contributed by atoms with E-state index in [2.05, 4.69) is 0 Å². The minimum Gasteiger partial charge on any atom is -0.493 e. The van der Waals surface area contributed by atoms with Crippen LogP contribution in [0.15, 0.2) is 84.9 Å². The number of para-hydroxylation sites is 2. The van der Waals surface area contributed by atoms with Gasteiger partial charge in [-0.3, -0.25) is 4.90 Å². The Balaban J connectivity index is 1.64. The van der Waals surface area contributed by atoms with E-state index >= 15 is 0 Å². The van der Waals surface area contributed by atoms with Crippen molar-refractivity contribution in [1.29, 1.82) is 0 Å². The zero-order valence-corrected chi connectivity index (χ0v) is 17.4. The highest BCUT2D eigenvalue weighted by Gasteiger charge is 2.28. The van der Waals surface area contributed by atoms with Gasteiger partial charge in [0, 0.05) is 0 Å². The van der Waals surface area contributed by atoms with E-state index in [9.17, 15) is 4.79 Å². The predicted octanol–water partition coefficient (Wildman–Crippen LogP) is 5.82. The number of hydrogen-bond donors (Lipinski definition) is 0. The van der Waals surface area contributed by atoms with Crippen molar-refractivity contribution in [3.05, 3.63) is 96.1 Å². The van der Waals surface area contributed by atoms with Gasteiger partial charge in [-0.15, -0.1) is 0 Å². The van der Waals surface area contributed by atoms with E-state index in [-0.39, 0.29) is 6.04 Å². The molecule has 1 atom stereocenters. The fourth-order valence-electron chi connectivity index (χ4n) is 3.47. The first-order chi connectivity index (χ1) is 15.2. The van der Waals surface area contributed by atoms with E-state index in [1.54, 1.807) is 31.3 Å². The molecule has 3 aromatic rings. The minimum atomic E-state index is -0.440. The van der Waals surface area contributed by atoms with Crippen molar-refractivity contribution < 1.29 is 19.0 Å². The lowest BCUT2D eigenvalue weighted by Crippen LogP contribution is -2.42. The molecule has 5 heteroatoms. The molecular weight excluding hydrogens is 390 g/mol. The number of anilines is 1. The number of rotatable bonds is 5. The lowest BCUT2D eigenvalue weighted by atomic mass is 10.0. The Morgan fingerprint density at radius 1 is 0.903 bits per heavy atom. The van der Waals surface area contributed by atoms with E-state index in [4.69, 9.17) is 14.2 Å². The van der Waals surface area contributed by atoms with Gasteiger partial charge in [0.05, 0.1) is 25.9 Å². The van der Waals surface area contributed by atoms with Gasteiger partial charge in [0.1, 0.15) is 5.75 Å². The van der Waals surface area contributed by atoms with E-state index < -0.39 is 6.09 Å². The number of benzene rings is 3. The average molecular weight is 413 g/mol. The molecule has 156 valence electrons. The molecule has 1 heterocycles. The zero-order valence-electron chi connectivity index (χ0n) is 17.4. The van der Waals surface area contributed by atoms with Crippen LogP contribution in [0.25, 0.3) is 12.2 Å². The molecule has 0 bridgehead atoms. The van der Waals surface area contributed by atoms with Crippen LogP contribution in [0.4, 0.5) is 10.5 Å². The summed E-state index contributed by atoms with van der Waals surface area (Å²) >= 11 is 0. The van der Waals surface area contributed by atoms with Crippen LogP contribution in [0.1, 0.15) is 11.1 Å². The number of hydrogen-bond acceptors (Lipinski definition) is 4. The number of ether oxygens (including phenoxy) is 3. The van der Waals surface area contributed by atoms with Gasteiger partial charge in [-0.2, -0.15) is 0 Å². The van der Waals surface area contributed by atoms with Crippen LogP contribution < -0.4 is 19.1 Å². The number of fused-ring (bicyclic) bond motifs is 1. The van der Waals surface area contributed by atoms with Crippen molar-refractivity contribution >= 4 is 23.9 Å². The molecule has 0 saturated heterocycles. The van der Waals surface area contributed by atoms with Gasteiger partial charge in [-0.25, -0.2) is 4.79 Å². The summed E-state index contributed by atoms with van der Waals surface area (Å²) in [5.41, 5.74) is 2.69. The van der Waals surface area contributed by atoms with Crippen molar-refractivity contribution in [2.75, 3.05) is 19.1 Å². The standard InChI is InChI=1S/C26H23NO4/c1-29-24-17-13-19(18-25(24)30-2)12-15-21-16-14-20-8-6-7-11-23(20)27(21)26(28)31-22-9-4-3-5-10-22/h3-18,21H,1-2H3/b15-12+/t21-/m1/s1. The van der Waals surface area contributed by atoms with Crippen molar-refractivity contribution in [1.82, 2.24) is 0 Å². The molecule has 0 aliphatic carbocycles. The Bertz CT molecular complexity index is 1120. The molecule has 0 unspecified atom stereocenters. The summed E-state index contributed by atoms with van der Waals surface area (Å²) in [4.78, 5) is 14.8. The monoisotopic (exact) mass is 413 g/mol. The number of methoxy groups -OCH3 is 2. The maximum Gasteiger partial charge on any atom is 0.420 e. The van der Waals surface area contributed by atoms with E-state index in [0.29, 0.717) is 17.2 Å². The topological polar surface area (TPSA) is 48.0 Å². The molecule has 5 nitrogen and oxygen atoms in total. The van der Waals surface area contributed by atoms with Crippen molar-refractivity contribution in [2.24, 2.45) is 0 Å². The molecule has 0 aromatic heterocycles. The molecule has 1 aliphatic rings. The molecule has 1 amide bonds. The van der Waals surface area contributed by atoms with Gasteiger partial charge in [0.2, 0.25) is 0 Å². The third kappa shape index (κ3) is 4.46. The largest absolute Gasteiger partial charge is 0.493 e. The number of carbonyl (C=O) groups is 1. The first-order valence-corrected chi connectivity index (χ1v) is 9.93. The normalized spacial score (nSPS) is 14.9. The molecule has 1 aliphatic heterocycles. The van der Waals surface area contributed by atoms with Gasteiger partial charge < -0.3 is 14.2 Å². The van der Waals surface area contributed by atoms with Crippen molar-refractivity contribution in [3.8, 4) is 17.2 Å². The second kappa shape index (κ2) is 9.22. The van der Waals surface area contributed by atoms with Gasteiger partial charge in [-0.1, -0.05) is 66.8 Å². The third-order valence-electron chi connectivity index (χ3n) is 5.01. The molecule has 0 fully saturated rings. The van der Waals surface area contributed by atoms with Crippen molar-refractivity contribution in [3.63, 3.8) is 0 Å². The SMILES string of the molecule is COc1ccc(/C=C/[C@@H]2C=Cc3ccccc3N2C(=O)Oc2ccccc2)cc1OC. The van der Waals surface area contributed by atoms with Crippen LogP contribution in [0, 0.1) is 0 Å². The fourth-order valence-corrected chi connectivity index (χ4v) is 3.47. The Morgan fingerprint density at radius 2 is 1.65 bits per heavy atom. The Labute approximate surface area is 181 Å². The van der Waals surface area contributed by atoms with Crippen LogP contribution >= 0.6 is 0 Å². The first-order valence-electron chi connectivity index (χ1n) is 9.93. The Morgan fingerprint density at radius 3 is 2.42 bits per heavy atom. The summed E-state index contributed by atoms with van der Waals surface area (Å²) in [6.45, 7) is 0. The second-order valence-electron chi connectivity index (χ2n) is 6.93. The van der Waals surface area contributed by atoms with Gasteiger partial charge in [0.15, 0.2) is 11.5 Å². The Kier molecular flexibility index (Phi) is 6.03. The highest BCUT2D eigenvalue weighted by molar-refractivity contribution is 5.95. The van der Waals surface area contributed by atoms with Crippen LogP contribution in [-0.4, -0.2) is 26.4 Å². The minimum absolute atomic E-state index is 0.306. The molecule has 0 N–H and O–H groups in total. The summed E-state index contributed by atoms with van der Waals surface area (Å²) in [7, 11) is 3.21. The molecule has 0 saturated carbocycles. The van der Waals surface area contributed by atoms with Crippen LogP contribution in [-0.2, 0) is 0 Å². The molecule has 4 rings (SSSR count). The molecule has 31 heavy (non-hydrogen) atoms. The maximum atomic E-state index is 13.1. The average Bonchev–Trinajstić information content (AvgIpc) is 2.82. The fraction of sp³-hybridized carbons (Fsp3) is 0.115. The van der Waals surface area contributed by atoms with Crippen molar-refractivity contribution in [2.45, 2.75) is 6.04 Å².